The van der Waals surface area contributed by atoms with Crippen LogP contribution in [0.2, 0.25) is 0 Å². The van der Waals surface area contributed by atoms with Gasteiger partial charge in [0.05, 0.1) is 23.3 Å². The maximum atomic E-state index is 14.7. The fourth-order valence-electron chi connectivity index (χ4n) is 5.80. The minimum atomic E-state index is -2.85. The Bertz CT molecular complexity index is 1770. The van der Waals surface area contributed by atoms with Crippen molar-refractivity contribution in [2.75, 3.05) is 9.80 Å². The summed E-state index contributed by atoms with van der Waals surface area (Å²) in [4.78, 5) is 48.8. The number of hydrogen-bond donors (Lipinski definition) is 2. The van der Waals surface area contributed by atoms with Gasteiger partial charge in [-0.25, -0.2) is 13.8 Å². The van der Waals surface area contributed by atoms with Crippen LogP contribution in [0.25, 0.3) is 10.9 Å². The third-order valence-electron chi connectivity index (χ3n) is 7.98. The average Bonchev–Trinajstić information content (AvgIpc) is 3.61. The summed E-state index contributed by atoms with van der Waals surface area (Å²) in [6.45, 7) is 1.80. The molecule has 218 valence electrons. The molecule has 12 heteroatoms. The van der Waals surface area contributed by atoms with Gasteiger partial charge in [0.1, 0.15) is 17.9 Å². The number of pyridine rings is 1. The molecule has 0 radical (unpaired) electrons. The molecule has 6 rings (SSSR count). The molecular formula is C31H27F2N7O3. The number of halogens is 2. The predicted molar refractivity (Wildman–Crippen MR) is 153 cm³/mol. The zero-order chi connectivity index (χ0) is 30.3. The van der Waals surface area contributed by atoms with Crippen molar-refractivity contribution < 1.29 is 23.2 Å². The van der Waals surface area contributed by atoms with E-state index in [4.69, 9.17) is 0 Å². The Hall–Kier alpha value is -5.18. The number of hydrogen-bond acceptors (Lipinski definition) is 6. The Balaban J connectivity index is 1.47. The van der Waals surface area contributed by atoms with E-state index >= 15 is 0 Å². The van der Waals surface area contributed by atoms with Gasteiger partial charge in [-0.05, 0) is 54.8 Å². The van der Waals surface area contributed by atoms with Gasteiger partial charge >= 0.3 is 0 Å². The second kappa shape index (κ2) is 10.9. The summed E-state index contributed by atoms with van der Waals surface area (Å²) in [5.74, 6) is -4.22. The monoisotopic (exact) mass is 583 g/mol. The van der Waals surface area contributed by atoms with Crippen molar-refractivity contribution in [2.45, 2.75) is 56.7 Å². The van der Waals surface area contributed by atoms with Crippen LogP contribution in [0, 0.1) is 18.3 Å². The van der Waals surface area contributed by atoms with Gasteiger partial charge in [0, 0.05) is 42.6 Å². The zero-order valence-electron chi connectivity index (χ0n) is 23.1. The van der Waals surface area contributed by atoms with Gasteiger partial charge in [-0.15, -0.1) is 0 Å². The largest absolute Gasteiger partial charge is 0.351 e. The summed E-state index contributed by atoms with van der Waals surface area (Å²) >= 11 is 0. The van der Waals surface area contributed by atoms with Gasteiger partial charge in [0.25, 0.3) is 11.8 Å². The molecule has 1 saturated carbocycles. The number of aryl methyl sites for hydroxylation is 1. The highest BCUT2D eigenvalue weighted by Crippen LogP contribution is 2.39. The Morgan fingerprint density at radius 1 is 1.19 bits per heavy atom. The first-order valence-electron chi connectivity index (χ1n) is 13.8. The molecule has 2 aromatic carbocycles. The molecule has 0 spiro atoms. The maximum absolute atomic E-state index is 14.7. The van der Waals surface area contributed by atoms with E-state index in [2.05, 4.69) is 20.5 Å². The second-order valence-corrected chi connectivity index (χ2v) is 10.9. The number of nitrogens with one attached hydrogen (secondary N) is 2. The lowest BCUT2D eigenvalue weighted by molar-refractivity contribution is -0.133. The topological polar surface area (TPSA) is 135 Å². The van der Waals surface area contributed by atoms with Crippen molar-refractivity contribution in [1.29, 1.82) is 5.26 Å². The smallest absolute Gasteiger partial charge is 0.252 e. The number of benzene rings is 2. The molecule has 2 aliphatic rings. The van der Waals surface area contributed by atoms with Crippen LogP contribution < -0.4 is 15.1 Å². The number of rotatable bonds is 7. The summed E-state index contributed by atoms with van der Waals surface area (Å²) in [5, 5.41) is 19.8. The number of carbonyl (C=O) groups excluding carboxylic acids is 3. The minimum absolute atomic E-state index is 0.0574. The first-order chi connectivity index (χ1) is 20.6. The van der Waals surface area contributed by atoms with Crippen LogP contribution in [-0.4, -0.2) is 50.9 Å². The fourth-order valence-corrected chi connectivity index (χ4v) is 5.80. The van der Waals surface area contributed by atoms with Crippen LogP contribution in [0.4, 0.5) is 20.3 Å². The summed E-state index contributed by atoms with van der Waals surface area (Å²) in [6.07, 6.45) is 2.21. The van der Waals surface area contributed by atoms with E-state index in [-0.39, 0.29) is 30.1 Å². The van der Waals surface area contributed by atoms with Crippen molar-refractivity contribution >= 4 is 40.1 Å². The van der Waals surface area contributed by atoms with Crippen LogP contribution in [-0.2, 0) is 14.4 Å². The van der Waals surface area contributed by atoms with Crippen LogP contribution in [0.3, 0.4) is 0 Å². The van der Waals surface area contributed by atoms with E-state index < -0.39 is 48.7 Å². The first-order valence-corrected chi connectivity index (χ1v) is 13.8. The van der Waals surface area contributed by atoms with Gasteiger partial charge in [0.2, 0.25) is 11.8 Å². The molecule has 0 bridgehead atoms. The Kier molecular flexibility index (Phi) is 7.09. The SMILES string of the molecule is Cc1ccccc1[C@@H](C(=O)NC1CC(F)(F)C1)N(C(=O)[C@@H]1CCC(=O)N1c1cc(C#N)ccn1)c1ccc2[nH]ncc2c1. The second-order valence-electron chi connectivity index (χ2n) is 10.9. The molecule has 1 aliphatic carbocycles. The van der Waals surface area contributed by atoms with Gasteiger partial charge in [-0.3, -0.25) is 29.3 Å². The first kappa shape index (κ1) is 28.0. The number of alkyl halides is 2. The van der Waals surface area contributed by atoms with Crippen LogP contribution in [0.15, 0.2) is 67.0 Å². The molecule has 3 amide bonds. The fraction of sp³-hybridized carbons (Fsp3) is 0.290. The summed E-state index contributed by atoms with van der Waals surface area (Å²) in [6, 6.07) is 14.1. The standard InChI is InChI=1S/C31H27F2N7O3/c1-18-4-2-3-5-23(18)28(29(42)37-21-14-31(32,33)15-21)39(22-6-7-24-20(13-22)17-36-38-24)30(43)25-8-9-27(41)40(25)26-12-19(16-34)10-11-35-26/h2-7,10-13,17,21,25,28H,8-9,14-15H2,1H3,(H,36,38)(H,37,42)/t25-,28-/m0/s1. The minimum Gasteiger partial charge on any atom is -0.351 e. The van der Waals surface area contributed by atoms with Crippen molar-refractivity contribution in [2.24, 2.45) is 0 Å². The Morgan fingerprint density at radius 2 is 1.98 bits per heavy atom. The number of nitrogens with zero attached hydrogens (tertiary/aromatic N) is 5. The van der Waals surface area contributed by atoms with Crippen LogP contribution >= 0.6 is 0 Å². The number of amides is 3. The van der Waals surface area contributed by atoms with Crippen LogP contribution in [0.5, 0.6) is 0 Å². The van der Waals surface area contributed by atoms with E-state index in [1.807, 2.05) is 6.07 Å². The number of anilines is 2. The molecule has 2 atom stereocenters. The van der Waals surface area contributed by atoms with Crippen molar-refractivity contribution in [3.05, 3.63) is 83.7 Å². The highest BCUT2D eigenvalue weighted by Gasteiger charge is 2.48. The van der Waals surface area contributed by atoms with Gasteiger partial charge in [0.15, 0.2) is 0 Å². The molecule has 4 aromatic rings. The van der Waals surface area contributed by atoms with Crippen molar-refractivity contribution in [3.8, 4) is 6.07 Å². The number of nitriles is 1. The predicted octanol–water partition coefficient (Wildman–Crippen LogP) is 4.32. The van der Waals surface area contributed by atoms with E-state index in [1.165, 1.54) is 28.1 Å². The van der Waals surface area contributed by atoms with Crippen molar-refractivity contribution in [3.63, 3.8) is 0 Å². The van der Waals surface area contributed by atoms with Gasteiger partial charge < -0.3 is 5.32 Å². The van der Waals surface area contributed by atoms with E-state index in [9.17, 15) is 28.4 Å². The molecule has 43 heavy (non-hydrogen) atoms. The number of aromatic nitrogens is 3. The molecule has 1 saturated heterocycles. The Labute approximate surface area is 245 Å². The third-order valence-corrected chi connectivity index (χ3v) is 7.98. The number of fused-ring (bicyclic) bond motifs is 1. The highest BCUT2D eigenvalue weighted by molar-refractivity contribution is 6.11. The van der Waals surface area contributed by atoms with Gasteiger partial charge in [-0.1, -0.05) is 24.3 Å². The summed E-state index contributed by atoms with van der Waals surface area (Å²) in [5.41, 5.74) is 2.56. The summed E-state index contributed by atoms with van der Waals surface area (Å²) in [7, 11) is 0. The quantitative estimate of drug-likeness (QED) is 0.333. The molecule has 1 aliphatic heterocycles. The normalized spacial score (nSPS) is 18.6. The highest BCUT2D eigenvalue weighted by atomic mass is 19.3. The molecule has 2 N–H and O–H groups in total. The van der Waals surface area contributed by atoms with Crippen molar-refractivity contribution in [1.82, 2.24) is 20.5 Å². The lowest BCUT2D eigenvalue weighted by Crippen LogP contribution is -2.56. The Morgan fingerprint density at radius 3 is 2.72 bits per heavy atom. The molecule has 2 aromatic heterocycles. The lowest BCUT2D eigenvalue weighted by Gasteiger charge is -2.39. The van der Waals surface area contributed by atoms with E-state index in [0.29, 0.717) is 27.7 Å². The molecular weight excluding hydrogens is 556 g/mol. The molecule has 2 fully saturated rings. The number of carbonyl (C=O) groups is 3. The van der Waals surface area contributed by atoms with E-state index in [1.54, 1.807) is 55.6 Å². The van der Waals surface area contributed by atoms with Crippen LogP contribution in [0.1, 0.15) is 48.4 Å². The average molecular weight is 584 g/mol. The molecule has 3 heterocycles. The third kappa shape index (κ3) is 5.30. The maximum Gasteiger partial charge on any atom is 0.252 e. The van der Waals surface area contributed by atoms with E-state index in [0.717, 1.165) is 0 Å². The summed E-state index contributed by atoms with van der Waals surface area (Å²) < 4.78 is 27.4. The zero-order valence-corrected chi connectivity index (χ0v) is 23.1. The van der Waals surface area contributed by atoms with Gasteiger partial charge in [-0.2, -0.15) is 10.4 Å². The molecule has 0 unspecified atom stereocenters. The number of aromatic amines is 1. The molecule has 10 nitrogen and oxygen atoms in total. The lowest BCUT2D eigenvalue weighted by atomic mass is 9.87. The number of H-pyrrole nitrogens is 1.